The van der Waals surface area contributed by atoms with Crippen molar-refractivity contribution in [2.24, 2.45) is 0 Å². The van der Waals surface area contributed by atoms with Crippen molar-refractivity contribution < 1.29 is 20.3 Å². The van der Waals surface area contributed by atoms with Crippen molar-refractivity contribution in [3.05, 3.63) is 52.6 Å². The van der Waals surface area contributed by atoms with Crippen molar-refractivity contribution in [2.45, 2.75) is 19.4 Å². The van der Waals surface area contributed by atoms with Gasteiger partial charge in [-0.15, -0.1) is 0 Å². The van der Waals surface area contributed by atoms with Gasteiger partial charge in [-0.25, -0.2) is 0 Å². The second-order valence-electron chi connectivity index (χ2n) is 5.55. The van der Waals surface area contributed by atoms with Gasteiger partial charge in [0.25, 0.3) is 0 Å². The van der Waals surface area contributed by atoms with E-state index in [0.717, 1.165) is 24.2 Å². The van der Waals surface area contributed by atoms with E-state index in [0.29, 0.717) is 11.5 Å². The van der Waals surface area contributed by atoms with E-state index in [4.69, 9.17) is 4.74 Å². The van der Waals surface area contributed by atoms with Gasteiger partial charge in [-0.2, -0.15) is 0 Å². The zero-order valence-corrected chi connectivity index (χ0v) is 12.3. The zero-order chi connectivity index (χ0) is 15.0. The fraction of sp³-hybridized carbons (Fsp3) is 0.294. The Labute approximate surface area is 124 Å². The van der Waals surface area contributed by atoms with Crippen molar-refractivity contribution >= 4 is 0 Å². The molecule has 0 spiro atoms. The van der Waals surface area contributed by atoms with E-state index < -0.39 is 0 Å². The molecule has 1 atom stereocenters. The highest BCUT2D eigenvalue weighted by molar-refractivity contribution is 5.51. The summed E-state index contributed by atoms with van der Waals surface area (Å²) in [6.07, 6.45) is 0. The Kier molecular flexibility index (Phi) is 3.47. The summed E-state index contributed by atoms with van der Waals surface area (Å²) in [5, 5.41) is 21.9. The Morgan fingerprint density at radius 2 is 1.95 bits per heavy atom. The Hall–Kier alpha value is -2.20. The third-order valence-corrected chi connectivity index (χ3v) is 4.21. The van der Waals surface area contributed by atoms with Crippen LogP contribution in [-0.2, 0) is 6.54 Å². The van der Waals surface area contributed by atoms with Gasteiger partial charge in [0.1, 0.15) is 12.3 Å². The predicted molar refractivity (Wildman–Crippen MR) is 79.8 cm³/mol. The molecule has 0 saturated heterocycles. The van der Waals surface area contributed by atoms with Gasteiger partial charge in [0, 0.05) is 5.56 Å². The summed E-state index contributed by atoms with van der Waals surface area (Å²) in [5.74, 6) is 1.26. The number of quaternary nitrogens is 1. The van der Waals surface area contributed by atoms with Gasteiger partial charge in [0.15, 0.2) is 11.5 Å². The lowest BCUT2D eigenvalue weighted by Gasteiger charge is -2.25. The van der Waals surface area contributed by atoms with Gasteiger partial charge in [-0.05, 0) is 41.8 Å². The summed E-state index contributed by atoms with van der Waals surface area (Å²) in [7, 11) is 1.57. The number of aromatic hydroxyl groups is 2. The number of ether oxygens (including phenoxy) is 1. The van der Waals surface area contributed by atoms with Crippen LogP contribution in [0.3, 0.4) is 0 Å². The molecule has 110 valence electrons. The number of aryl methyl sites for hydroxylation is 1. The summed E-state index contributed by atoms with van der Waals surface area (Å²) in [4.78, 5) is 0. The van der Waals surface area contributed by atoms with Gasteiger partial charge >= 0.3 is 0 Å². The van der Waals surface area contributed by atoms with Crippen molar-refractivity contribution in [2.75, 3.05) is 13.7 Å². The smallest absolute Gasteiger partial charge is 0.160 e. The zero-order valence-electron chi connectivity index (χ0n) is 12.3. The van der Waals surface area contributed by atoms with Gasteiger partial charge in [0.05, 0.1) is 19.6 Å². The van der Waals surface area contributed by atoms with Crippen LogP contribution in [0.1, 0.15) is 28.2 Å². The van der Waals surface area contributed by atoms with Crippen LogP contribution in [0.25, 0.3) is 0 Å². The normalized spacial score (nSPS) is 17.3. The molecule has 0 unspecified atom stereocenters. The number of methoxy groups -OCH3 is 1. The lowest BCUT2D eigenvalue weighted by molar-refractivity contribution is -0.675. The summed E-state index contributed by atoms with van der Waals surface area (Å²) in [6, 6.07) is 9.47. The summed E-state index contributed by atoms with van der Waals surface area (Å²) in [5.41, 5.74) is 4.38. The highest BCUT2D eigenvalue weighted by Gasteiger charge is 2.26. The maximum Gasteiger partial charge on any atom is 0.160 e. The monoisotopic (exact) mass is 286 g/mol. The molecule has 3 rings (SSSR count). The first-order valence-corrected chi connectivity index (χ1v) is 7.11. The molecule has 21 heavy (non-hydrogen) atoms. The fourth-order valence-corrected chi connectivity index (χ4v) is 3.04. The van der Waals surface area contributed by atoms with E-state index in [1.807, 2.05) is 25.1 Å². The molecule has 0 fully saturated rings. The van der Waals surface area contributed by atoms with Crippen LogP contribution in [0.2, 0.25) is 0 Å². The minimum atomic E-state index is 0.187. The molecule has 0 saturated carbocycles. The minimum Gasteiger partial charge on any atom is -0.508 e. The van der Waals surface area contributed by atoms with E-state index in [1.165, 1.54) is 11.1 Å². The number of phenols is 2. The molecular weight excluding hydrogens is 266 g/mol. The third kappa shape index (κ3) is 2.43. The van der Waals surface area contributed by atoms with Crippen LogP contribution in [0.15, 0.2) is 30.3 Å². The molecule has 2 aromatic carbocycles. The molecule has 1 aliphatic rings. The minimum absolute atomic E-state index is 0.187. The lowest BCUT2D eigenvalue weighted by Crippen LogP contribution is -2.85. The molecule has 0 aliphatic carbocycles. The first kappa shape index (κ1) is 13.8. The Morgan fingerprint density at radius 1 is 1.14 bits per heavy atom. The quantitative estimate of drug-likeness (QED) is 0.786. The van der Waals surface area contributed by atoms with Gasteiger partial charge in [0.2, 0.25) is 0 Å². The lowest BCUT2D eigenvalue weighted by atomic mass is 9.84. The molecule has 0 bridgehead atoms. The standard InChI is InChI=1S/C17H19NO3/c1-10-5-11(3-4-15(10)19)14-9-18-8-12-6-16(20)17(21-2)7-13(12)14/h3-7,14,18-20H,8-9H2,1-2H3/p+1/t14-/m0/s1. The topological polar surface area (TPSA) is 66.3 Å². The van der Waals surface area contributed by atoms with Crippen molar-refractivity contribution in [1.82, 2.24) is 0 Å². The molecule has 1 aliphatic heterocycles. The molecule has 4 heteroatoms. The van der Waals surface area contributed by atoms with Crippen LogP contribution in [0.5, 0.6) is 17.2 Å². The largest absolute Gasteiger partial charge is 0.508 e. The number of rotatable bonds is 2. The first-order chi connectivity index (χ1) is 10.1. The molecule has 4 N–H and O–H groups in total. The number of phenolic OH excluding ortho intramolecular Hbond substituents is 2. The van der Waals surface area contributed by atoms with Gasteiger partial charge in [-0.1, -0.05) is 12.1 Å². The molecule has 0 amide bonds. The van der Waals surface area contributed by atoms with Gasteiger partial charge in [-0.3, -0.25) is 0 Å². The number of nitrogens with two attached hydrogens (primary N) is 1. The van der Waals surface area contributed by atoms with Crippen LogP contribution in [-0.4, -0.2) is 23.9 Å². The molecular formula is C17H20NO3+. The van der Waals surface area contributed by atoms with E-state index in [1.54, 1.807) is 19.2 Å². The molecule has 4 nitrogen and oxygen atoms in total. The first-order valence-electron chi connectivity index (χ1n) is 7.11. The third-order valence-electron chi connectivity index (χ3n) is 4.21. The Bertz CT molecular complexity index is 682. The van der Waals surface area contributed by atoms with Crippen molar-refractivity contribution in [3.63, 3.8) is 0 Å². The number of benzene rings is 2. The molecule has 2 aromatic rings. The average Bonchev–Trinajstić information content (AvgIpc) is 2.48. The van der Waals surface area contributed by atoms with Crippen molar-refractivity contribution in [3.8, 4) is 17.2 Å². The highest BCUT2D eigenvalue weighted by Crippen LogP contribution is 2.37. The number of hydrogen-bond acceptors (Lipinski definition) is 3. The van der Waals surface area contributed by atoms with E-state index in [9.17, 15) is 10.2 Å². The predicted octanol–water partition coefficient (Wildman–Crippen LogP) is 1.62. The number of fused-ring (bicyclic) bond motifs is 1. The Balaban J connectivity index is 2.09. The number of hydrogen-bond donors (Lipinski definition) is 3. The van der Waals surface area contributed by atoms with Crippen LogP contribution in [0, 0.1) is 6.92 Å². The van der Waals surface area contributed by atoms with E-state index in [2.05, 4.69) is 5.32 Å². The SMILES string of the molecule is COc1cc2c(cc1O)C[NH2+]C[C@H]2c1ccc(O)c(C)c1. The molecule has 1 heterocycles. The fourth-order valence-electron chi connectivity index (χ4n) is 3.04. The molecule has 0 aromatic heterocycles. The van der Waals surface area contributed by atoms with Crippen molar-refractivity contribution in [1.29, 1.82) is 0 Å². The van der Waals surface area contributed by atoms with Crippen LogP contribution >= 0.6 is 0 Å². The highest BCUT2D eigenvalue weighted by atomic mass is 16.5. The summed E-state index contributed by atoms with van der Waals surface area (Å²) in [6.45, 7) is 3.72. The molecule has 0 radical (unpaired) electrons. The van der Waals surface area contributed by atoms with E-state index in [-0.39, 0.29) is 11.7 Å². The second kappa shape index (κ2) is 5.30. The maximum atomic E-state index is 9.93. The second-order valence-corrected chi connectivity index (χ2v) is 5.55. The van der Waals surface area contributed by atoms with Crippen LogP contribution in [0.4, 0.5) is 0 Å². The average molecular weight is 286 g/mol. The maximum absolute atomic E-state index is 9.93. The Morgan fingerprint density at radius 3 is 2.67 bits per heavy atom. The van der Waals surface area contributed by atoms with Gasteiger partial charge < -0.3 is 20.3 Å². The van der Waals surface area contributed by atoms with E-state index >= 15 is 0 Å². The van der Waals surface area contributed by atoms with Crippen LogP contribution < -0.4 is 10.1 Å². The summed E-state index contributed by atoms with van der Waals surface area (Å²) >= 11 is 0. The summed E-state index contributed by atoms with van der Waals surface area (Å²) < 4.78 is 5.24.